The molecule has 3 heterocycles. The van der Waals surface area contributed by atoms with Crippen LogP contribution >= 0.6 is 12.2 Å². The zero-order valence-electron chi connectivity index (χ0n) is 8.95. The maximum atomic E-state index is 13.1. The second-order valence-electron chi connectivity index (χ2n) is 3.76. The van der Waals surface area contributed by atoms with E-state index in [1.807, 2.05) is 0 Å². The molecule has 1 amide bonds. The van der Waals surface area contributed by atoms with Gasteiger partial charge in [-0.3, -0.25) is 10.1 Å². The monoisotopic (exact) mass is 262 g/mol. The van der Waals surface area contributed by atoms with Crippen molar-refractivity contribution in [1.82, 2.24) is 20.6 Å². The molecule has 1 fully saturated rings. The first-order valence-corrected chi connectivity index (χ1v) is 5.51. The van der Waals surface area contributed by atoms with Gasteiger partial charge in [0.2, 0.25) is 0 Å². The van der Waals surface area contributed by atoms with E-state index in [1.165, 1.54) is 6.07 Å². The standard InChI is InChI=1S/C11H7FN4OS/c12-6-2-7-5(3-13-9(7)14-4-6)1-8-10(17)16-11(18)15-8/h1-4H,(H,13,14)(H2,15,16,17,18). The number of amides is 1. The van der Waals surface area contributed by atoms with Crippen LogP contribution in [0.3, 0.4) is 0 Å². The van der Waals surface area contributed by atoms with Crippen molar-refractivity contribution in [1.29, 1.82) is 0 Å². The van der Waals surface area contributed by atoms with Gasteiger partial charge in [0, 0.05) is 17.1 Å². The molecule has 1 saturated heterocycles. The zero-order chi connectivity index (χ0) is 12.7. The number of fused-ring (bicyclic) bond motifs is 1. The lowest BCUT2D eigenvalue weighted by Gasteiger charge is -1.95. The molecule has 0 bridgehead atoms. The van der Waals surface area contributed by atoms with Gasteiger partial charge in [-0.05, 0) is 24.4 Å². The Morgan fingerprint density at radius 1 is 1.39 bits per heavy atom. The molecule has 0 aromatic carbocycles. The smallest absolute Gasteiger partial charge is 0.273 e. The fraction of sp³-hybridized carbons (Fsp3) is 0. The van der Waals surface area contributed by atoms with E-state index in [1.54, 1.807) is 12.3 Å². The fourth-order valence-electron chi connectivity index (χ4n) is 1.76. The van der Waals surface area contributed by atoms with Crippen molar-refractivity contribution in [2.45, 2.75) is 0 Å². The normalized spacial score (nSPS) is 17.3. The molecule has 0 spiro atoms. The molecule has 7 heteroatoms. The van der Waals surface area contributed by atoms with Crippen LogP contribution in [0, 0.1) is 5.82 Å². The van der Waals surface area contributed by atoms with Gasteiger partial charge in [0.05, 0.1) is 6.20 Å². The molecule has 2 aromatic rings. The molecule has 18 heavy (non-hydrogen) atoms. The van der Waals surface area contributed by atoms with Crippen molar-refractivity contribution < 1.29 is 9.18 Å². The summed E-state index contributed by atoms with van der Waals surface area (Å²) in [6, 6.07) is 1.36. The van der Waals surface area contributed by atoms with Gasteiger partial charge in [0.25, 0.3) is 5.91 Å². The molecule has 0 unspecified atom stereocenters. The number of nitrogens with one attached hydrogen (secondary N) is 3. The number of nitrogens with zero attached hydrogens (tertiary/aromatic N) is 1. The minimum Gasteiger partial charge on any atom is -0.346 e. The molecule has 0 radical (unpaired) electrons. The van der Waals surface area contributed by atoms with E-state index in [-0.39, 0.29) is 11.0 Å². The molecule has 3 N–H and O–H groups in total. The Bertz CT molecular complexity index is 706. The quantitative estimate of drug-likeness (QED) is 0.530. The maximum Gasteiger partial charge on any atom is 0.273 e. The van der Waals surface area contributed by atoms with E-state index < -0.39 is 5.82 Å². The number of halogens is 1. The first-order valence-electron chi connectivity index (χ1n) is 5.10. The molecule has 0 saturated carbocycles. The van der Waals surface area contributed by atoms with Crippen LogP contribution in [0.25, 0.3) is 17.1 Å². The van der Waals surface area contributed by atoms with E-state index in [9.17, 15) is 9.18 Å². The maximum absolute atomic E-state index is 13.1. The summed E-state index contributed by atoms with van der Waals surface area (Å²) in [6.07, 6.45) is 4.38. The van der Waals surface area contributed by atoms with Crippen LogP contribution in [0.4, 0.5) is 4.39 Å². The highest BCUT2D eigenvalue weighted by atomic mass is 32.1. The first-order chi connectivity index (χ1) is 8.63. The van der Waals surface area contributed by atoms with Gasteiger partial charge in [-0.15, -0.1) is 0 Å². The van der Waals surface area contributed by atoms with Crippen LogP contribution in [-0.2, 0) is 4.79 Å². The van der Waals surface area contributed by atoms with E-state index in [0.717, 1.165) is 6.20 Å². The highest BCUT2D eigenvalue weighted by Gasteiger charge is 2.20. The average molecular weight is 262 g/mol. The van der Waals surface area contributed by atoms with Crippen LogP contribution in [-0.4, -0.2) is 21.0 Å². The van der Waals surface area contributed by atoms with Crippen LogP contribution in [0.15, 0.2) is 24.2 Å². The van der Waals surface area contributed by atoms with E-state index in [2.05, 4.69) is 20.6 Å². The second kappa shape index (κ2) is 3.88. The van der Waals surface area contributed by atoms with Crippen LogP contribution < -0.4 is 10.6 Å². The Morgan fingerprint density at radius 2 is 2.22 bits per heavy atom. The summed E-state index contributed by atoms with van der Waals surface area (Å²) >= 11 is 4.82. The summed E-state index contributed by atoms with van der Waals surface area (Å²) in [5.74, 6) is -0.736. The molecule has 5 nitrogen and oxygen atoms in total. The van der Waals surface area contributed by atoms with Crippen molar-refractivity contribution in [3.05, 3.63) is 35.5 Å². The summed E-state index contributed by atoms with van der Waals surface area (Å²) in [4.78, 5) is 18.3. The van der Waals surface area contributed by atoms with Crippen molar-refractivity contribution in [3.8, 4) is 0 Å². The number of rotatable bonds is 1. The molecule has 90 valence electrons. The Kier molecular flexibility index (Phi) is 2.34. The van der Waals surface area contributed by atoms with Crippen LogP contribution in [0.2, 0.25) is 0 Å². The number of aromatic amines is 1. The third-order valence-electron chi connectivity index (χ3n) is 2.55. The highest BCUT2D eigenvalue weighted by molar-refractivity contribution is 7.80. The summed E-state index contributed by atoms with van der Waals surface area (Å²) in [5, 5.41) is 6.04. The Balaban J connectivity index is 2.10. The molecule has 1 aliphatic rings. The van der Waals surface area contributed by atoms with E-state index in [0.29, 0.717) is 22.3 Å². The summed E-state index contributed by atoms with van der Waals surface area (Å²) in [5.41, 5.74) is 1.55. The number of H-pyrrole nitrogens is 1. The molecular formula is C11H7FN4OS. The van der Waals surface area contributed by atoms with Gasteiger partial charge in [0.1, 0.15) is 17.2 Å². The molecular weight excluding hydrogens is 255 g/mol. The van der Waals surface area contributed by atoms with Crippen LogP contribution in [0.1, 0.15) is 5.56 Å². The number of hydrogen-bond donors (Lipinski definition) is 3. The molecule has 0 atom stereocenters. The van der Waals surface area contributed by atoms with Gasteiger partial charge in [-0.2, -0.15) is 0 Å². The lowest BCUT2D eigenvalue weighted by atomic mass is 10.2. The molecule has 2 aromatic heterocycles. The van der Waals surface area contributed by atoms with Gasteiger partial charge < -0.3 is 10.3 Å². The predicted molar refractivity (Wildman–Crippen MR) is 67.9 cm³/mol. The Labute approximate surface area is 106 Å². The number of pyridine rings is 1. The minimum atomic E-state index is -0.430. The van der Waals surface area contributed by atoms with Crippen molar-refractivity contribution in [2.24, 2.45) is 0 Å². The minimum absolute atomic E-state index is 0.260. The highest BCUT2D eigenvalue weighted by Crippen LogP contribution is 2.20. The number of carbonyl (C=O) groups is 1. The number of thiocarbonyl (C=S) groups is 1. The lowest BCUT2D eigenvalue weighted by molar-refractivity contribution is -0.115. The number of hydrogen-bond acceptors (Lipinski definition) is 3. The van der Waals surface area contributed by atoms with E-state index in [4.69, 9.17) is 12.2 Å². The largest absolute Gasteiger partial charge is 0.346 e. The van der Waals surface area contributed by atoms with E-state index >= 15 is 0 Å². The first kappa shape index (κ1) is 10.8. The van der Waals surface area contributed by atoms with Gasteiger partial charge >= 0.3 is 0 Å². The van der Waals surface area contributed by atoms with Gasteiger partial charge in [-0.1, -0.05) is 0 Å². The Morgan fingerprint density at radius 3 is 2.94 bits per heavy atom. The van der Waals surface area contributed by atoms with Crippen molar-refractivity contribution in [2.75, 3.05) is 0 Å². The molecule has 3 rings (SSSR count). The average Bonchev–Trinajstić information content (AvgIpc) is 2.84. The third kappa shape index (κ3) is 1.74. The van der Waals surface area contributed by atoms with Crippen LogP contribution in [0.5, 0.6) is 0 Å². The number of aromatic nitrogens is 2. The van der Waals surface area contributed by atoms with Gasteiger partial charge in [-0.25, -0.2) is 9.37 Å². The van der Waals surface area contributed by atoms with Crippen molar-refractivity contribution in [3.63, 3.8) is 0 Å². The SMILES string of the molecule is O=C1NC(=S)NC1=Cc1c[nH]c2ncc(F)cc12. The fourth-order valence-corrected chi connectivity index (χ4v) is 1.96. The topological polar surface area (TPSA) is 69.8 Å². The number of carbonyl (C=O) groups excluding carboxylic acids is 1. The molecule has 1 aliphatic heterocycles. The van der Waals surface area contributed by atoms with Gasteiger partial charge in [0.15, 0.2) is 5.11 Å². The zero-order valence-corrected chi connectivity index (χ0v) is 9.77. The Hall–Kier alpha value is -2.28. The summed E-state index contributed by atoms with van der Waals surface area (Å²) < 4.78 is 13.1. The summed E-state index contributed by atoms with van der Waals surface area (Å²) in [7, 11) is 0. The lowest BCUT2D eigenvalue weighted by Crippen LogP contribution is -2.21. The van der Waals surface area contributed by atoms with Crippen molar-refractivity contribution >= 4 is 40.3 Å². The predicted octanol–water partition coefficient (Wildman–Crippen LogP) is 1.05. The molecule has 0 aliphatic carbocycles. The summed E-state index contributed by atoms with van der Waals surface area (Å²) in [6.45, 7) is 0. The second-order valence-corrected chi connectivity index (χ2v) is 4.17. The third-order valence-corrected chi connectivity index (χ3v) is 2.75.